The van der Waals surface area contributed by atoms with Crippen LogP contribution in [0.5, 0.6) is 0 Å². The van der Waals surface area contributed by atoms with Gasteiger partial charge < -0.3 is 5.73 Å². The van der Waals surface area contributed by atoms with E-state index in [1.165, 1.54) is 11.5 Å². The lowest BCUT2D eigenvalue weighted by atomic mass is 10.1. The first kappa shape index (κ1) is 10.9. The van der Waals surface area contributed by atoms with Crippen molar-refractivity contribution in [1.82, 2.24) is 9.36 Å². The first-order chi connectivity index (χ1) is 8.84. The number of nitrogen functional groups attached to an aromatic ring is 1. The third-order valence-electron chi connectivity index (χ3n) is 2.71. The van der Waals surface area contributed by atoms with E-state index < -0.39 is 0 Å². The lowest BCUT2D eigenvalue weighted by Crippen LogP contribution is -1.92. The number of nitrogens with two attached hydrogens (primary N) is 1. The first-order valence-corrected chi connectivity index (χ1v) is 6.34. The van der Waals surface area contributed by atoms with Gasteiger partial charge in [-0.05, 0) is 41.4 Å². The molecule has 3 nitrogen and oxygen atoms in total. The molecule has 0 atom stereocenters. The number of rotatable bonds is 2. The molecule has 18 heavy (non-hydrogen) atoms. The summed E-state index contributed by atoms with van der Waals surface area (Å²) < 4.78 is 4.10. The van der Waals surface area contributed by atoms with Gasteiger partial charge in [-0.15, -0.1) is 0 Å². The van der Waals surface area contributed by atoms with E-state index in [-0.39, 0.29) is 0 Å². The molecule has 0 spiro atoms. The normalized spacial score (nSPS) is 10.4. The molecule has 3 aromatic rings. The summed E-state index contributed by atoms with van der Waals surface area (Å²) in [7, 11) is 0. The topological polar surface area (TPSA) is 51.8 Å². The third-order valence-corrected chi connectivity index (χ3v) is 3.51. The van der Waals surface area contributed by atoms with Crippen LogP contribution in [0.3, 0.4) is 0 Å². The SMILES string of the molecule is Nc1cc(-c2ccns2)ccc1-c1ccccn1. The molecule has 2 heterocycles. The fourth-order valence-corrected chi connectivity index (χ4v) is 2.43. The van der Waals surface area contributed by atoms with Gasteiger partial charge in [0.25, 0.3) is 0 Å². The number of hydrogen-bond donors (Lipinski definition) is 1. The molecule has 0 saturated carbocycles. The van der Waals surface area contributed by atoms with E-state index in [2.05, 4.69) is 9.36 Å². The molecule has 1 aromatic carbocycles. The third kappa shape index (κ3) is 1.98. The Balaban J connectivity index is 2.05. The Morgan fingerprint density at radius 1 is 1.00 bits per heavy atom. The molecule has 88 valence electrons. The summed E-state index contributed by atoms with van der Waals surface area (Å²) in [6, 6.07) is 13.8. The fraction of sp³-hybridized carbons (Fsp3) is 0. The first-order valence-electron chi connectivity index (χ1n) is 5.56. The molecular formula is C14H11N3S. The highest BCUT2D eigenvalue weighted by Gasteiger charge is 2.06. The van der Waals surface area contributed by atoms with Gasteiger partial charge in [-0.2, -0.15) is 0 Å². The fourth-order valence-electron chi connectivity index (χ4n) is 1.84. The van der Waals surface area contributed by atoms with Crippen LogP contribution in [0.25, 0.3) is 21.7 Å². The van der Waals surface area contributed by atoms with Gasteiger partial charge in [0.15, 0.2) is 0 Å². The average molecular weight is 253 g/mol. The summed E-state index contributed by atoms with van der Waals surface area (Å²) in [5.41, 5.74) is 9.79. The van der Waals surface area contributed by atoms with Crippen LogP contribution in [0, 0.1) is 0 Å². The van der Waals surface area contributed by atoms with Crippen molar-refractivity contribution in [3.05, 3.63) is 54.9 Å². The van der Waals surface area contributed by atoms with Crippen molar-refractivity contribution >= 4 is 17.2 Å². The van der Waals surface area contributed by atoms with Gasteiger partial charge in [0.1, 0.15) is 0 Å². The Bertz CT molecular complexity index is 648. The minimum Gasteiger partial charge on any atom is -0.398 e. The quantitative estimate of drug-likeness (QED) is 0.712. The van der Waals surface area contributed by atoms with E-state index in [9.17, 15) is 0 Å². The Labute approximate surface area is 109 Å². The maximum atomic E-state index is 6.10. The van der Waals surface area contributed by atoms with Crippen LogP contribution in [0.15, 0.2) is 54.9 Å². The van der Waals surface area contributed by atoms with Gasteiger partial charge in [0.05, 0.1) is 10.6 Å². The average Bonchev–Trinajstić information content (AvgIpc) is 2.93. The molecule has 0 unspecified atom stereocenters. The highest BCUT2D eigenvalue weighted by Crippen LogP contribution is 2.30. The number of hydrogen-bond acceptors (Lipinski definition) is 4. The molecule has 0 bridgehead atoms. The lowest BCUT2D eigenvalue weighted by molar-refractivity contribution is 1.33. The number of nitrogens with zero attached hydrogens (tertiary/aromatic N) is 2. The molecule has 0 aliphatic carbocycles. The van der Waals surface area contributed by atoms with Gasteiger partial charge in [0, 0.05) is 23.6 Å². The Morgan fingerprint density at radius 2 is 1.94 bits per heavy atom. The predicted molar refractivity (Wildman–Crippen MR) is 75.2 cm³/mol. The van der Waals surface area contributed by atoms with Crippen molar-refractivity contribution < 1.29 is 0 Å². The molecular weight excluding hydrogens is 242 g/mol. The summed E-state index contributed by atoms with van der Waals surface area (Å²) in [6.45, 7) is 0. The van der Waals surface area contributed by atoms with Crippen molar-refractivity contribution in [1.29, 1.82) is 0 Å². The molecule has 3 rings (SSSR count). The molecule has 2 aromatic heterocycles. The van der Waals surface area contributed by atoms with Crippen molar-refractivity contribution in [3.8, 4) is 21.7 Å². The monoisotopic (exact) mass is 253 g/mol. The summed E-state index contributed by atoms with van der Waals surface area (Å²) in [4.78, 5) is 5.43. The maximum absolute atomic E-state index is 6.10. The van der Waals surface area contributed by atoms with Crippen molar-refractivity contribution in [2.45, 2.75) is 0 Å². The van der Waals surface area contributed by atoms with E-state index in [0.29, 0.717) is 0 Å². The second kappa shape index (κ2) is 4.58. The van der Waals surface area contributed by atoms with Crippen LogP contribution in [-0.4, -0.2) is 9.36 Å². The maximum Gasteiger partial charge on any atom is 0.0722 e. The standard InChI is InChI=1S/C14H11N3S/c15-12-9-10(14-6-8-17-18-14)4-5-11(12)13-3-1-2-7-16-13/h1-9H,15H2. The smallest absolute Gasteiger partial charge is 0.0722 e. The molecule has 0 fully saturated rings. The van der Waals surface area contributed by atoms with Crippen LogP contribution in [0.1, 0.15) is 0 Å². The molecule has 0 aliphatic heterocycles. The van der Waals surface area contributed by atoms with E-state index >= 15 is 0 Å². The zero-order valence-electron chi connectivity index (χ0n) is 9.58. The molecule has 0 amide bonds. The van der Waals surface area contributed by atoms with Crippen LogP contribution < -0.4 is 5.73 Å². The van der Waals surface area contributed by atoms with Crippen LogP contribution in [-0.2, 0) is 0 Å². The second-order valence-electron chi connectivity index (χ2n) is 3.89. The van der Waals surface area contributed by atoms with E-state index in [0.717, 1.165) is 27.4 Å². The molecule has 2 N–H and O–H groups in total. The zero-order valence-corrected chi connectivity index (χ0v) is 10.4. The number of benzene rings is 1. The summed E-state index contributed by atoms with van der Waals surface area (Å²) in [5, 5.41) is 0. The summed E-state index contributed by atoms with van der Waals surface area (Å²) in [6.07, 6.45) is 3.56. The van der Waals surface area contributed by atoms with Crippen LogP contribution in [0.4, 0.5) is 5.69 Å². The number of pyridine rings is 1. The van der Waals surface area contributed by atoms with Crippen LogP contribution >= 0.6 is 11.5 Å². The number of aromatic nitrogens is 2. The Hall–Kier alpha value is -2.20. The minimum absolute atomic E-state index is 0.736. The molecule has 4 heteroatoms. The van der Waals surface area contributed by atoms with Gasteiger partial charge >= 0.3 is 0 Å². The Morgan fingerprint density at radius 3 is 2.61 bits per heavy atom. The Kier molecular flexibility index (Phi) is 2.78. The van der Waals surface area contributed by atoms with Crippen molar-refractivity contribution in [3.63, 3.8) is 0 Å². The van der Waals surface area contributed by atoms with Crippen molar-refractivity contribution in [2.24, 2.45) is 0 Å². The van der Waals surface area contributed by atoms with Gasteiger partial charge in [-0.25, -0.2) is 4.37 Å². The van der Waals surface area contributed by atoms with E-state index in [1.807, 2.05) is 42.5 Å². The van der Waals surface area contributed by atoms with E-state index in [1.54, 1.807) is 12.4 Å². The highest BCUT2D eigenvalue weighted by molar-refractivity contribution is 7.09. The van der Waals surface area contributed by atoms with Gasteiger partial charge in [-0.3, -0.25) is 4.98 Å². The van der Waals surface area contributed by atoms with Crippen molar-refractivity contribution in [2.75, 3.05) is 5.73 Å². The lowest BCUT2D eigenvalue weighted by Gasteiger charge is -2.06. The van der Waals surface area contributed by atoms with Crippen LogP contribution in [0.2, 0.25) is 0 Å². The summed E-state index contributed by atoms with van der Waals surface area (Å²) >= 11 is 1.47. The largest absolute Gasteiger partial charge is 0.398 e. The second-order valence-corrected chi connectivity index (χ2v) is 4.73. The van der Waals surface area contributed by atoms with Gasteiger partial charge in [0.2, 0.25) is 0 Å². The predicted octanol–water partition coefficient (Wildman–Crippen LogP) is 3.45. The van der Waals surface area contributed by atoms with E-state index in [4.69, 9.17) is 5.73 Å². The minimum atomic E-state index is 0.736. The molecule has 0 aliphatic rings. The highest BCUT2D eigenvalue weighted by atomic mass is 32.1. The molecule has 0 radical (unpaired) electrons. The zero-order chi connectivity index (χ0) is 12.4. The molecule has 0 saturated heterocycles. The number of anilines is 1. The summed E-state index contributed by atoms with van der Waals surface area (Å²) in [5.74, 6) is 0. The van der Waals surface area contributed by atoms with Gasteiger partial charge in [-0.1, -0.05) is 18.2 Å².